The van der Waals surface area contributed by atoms with Gasteiger partial charge in [-0.25, -0.2) is 0 Å². The summed E-state index contributed by atoms with van der Waals surface area (Å²) in [6.45, 7) is 1.16. The molecule has 0 spiro atoms. The van der Waals surface area contributed by atoms with Gasteiger partial charge in [-0.1, -0.05) is 0 Å². The van der Waals surface area contributed by atoms with Crippen LogP contribution in [0, 0.1) is 0 Å². The van der Waals surface area contributed by atoms with E-state index in [-0.39, 0.29) is 22.6 Å². The fourth-order valence-corrected chi connectivity index (χ4v) is 11.2. The monoisotopic (exact) mass is 1320 g/mol. The zero-order valence-electron chi connectivity index (χ0n) is 49.7. The average Bonchev–Trinajstić information content (AvgIpc) is 0.731. The van der Waals surface area contributed by atoms with Crippen LogP contribution in [-0.4, -0.2) is 256 Å². The van der Waals surface area contributed by atoms with Gasteiger partial charge >= 0.3 is 0 Å². The molecule has 0 radical (unpaired) electrons. The number of benzene rings is 4. The highest BCUT2D eigenvalue weighted by atomic mass is 16.7. The molecule has 0 amide bonds. The summed E-state index contributed by atoms with van der Waals surface area (Å²) in [6.07, 6.45) is -37.3. The molecule has 18 N–H and O–H groups in total. The van der Waals surface area contributed by atoms with E-state index in [1.807, 2.05) is 0 Å². The number of methoxy groups -OCH3 is 4. The normalized spacial score (nSPS) is 31.5. The van der Waals surface area contributed by atoms with Gasteiger partial charge in [-0.15, -0.1) is 0 Å². The van der Waals surface area contributed by atoms with E-state index in [4.69, 9.17) is 65.7 Å². The summed E-state index contributed by atoms with van der Waals surface area (Å²) in [7, 11) is 4.22. The van der Waals surface area contributed by atoms with Crippen molar-refractivity contribution >= 4 is 21.9 Å². The molecule has 4 aliphatic heterocycles. The van der Waals surface area contributed by atoms with Crippen LogP contribution in [0.3, 0.4) is 0 Å². The Balaban J connectivity index is 1.12. The molecule has 6 aromatic rings. The van der Waals surface area contributed by atoms with Crippen molar-refractivity contribution in [2.45, 2.75) is 143 Å². The first-order chi connectivity index (χ1) is 44.1. The molecule has 93 heavy (non-hydrogen) atoms. The Hall–Kier alpha value is -7.82. The van der Waals surface area contributed by atoms with Crippen LogP contribution in [-0.2, 0) is 34.8 Å². The minimum absolute atomic E-state index is 0.212. The van der Waals surface area contributed by atoms with Crippen molar-refractivity contribution in [1.82, 2.24) is 0 Å². The van der Waals surface area contributed by atoms with E-state index >= 15 is 9.59 Å². The highest BCUT2D eigenvalue weighted by molar-refractivity contribution is 5.97. The second kappa shape index (κ2) is 26.9. The van der Waals surface area contributed by atoms with E-state index < -0.39 is 255 Å². The fraction of sp³-hybridized carbons (Fsp3) is 0.492. The summed E-state index contributed by atoms with van der Waals surface area (Å²) in [5.41, 5.74) is -6.01. The van der Waals surface area contributed by atoms with Crippen LogP contribution < -0.4 is 39.3 Å². The van der Waals surface area contributed by atoms with Crippen LogP contribution in [0.4, 0.5) is 0 Å². The van der Waals surface area contributed by atoms with E-state index in [2.05, 4.69) is 0 Å². The number of phenols is 6. The van der Waals surface area contributed by atoms with Gasteiger partial charge in [0.15, 0.2) is 70.1 Å². The Kier molecular flexibility index (Phi) is 19.7. The molecule has 4 aliphatic rings. The molecule has 20 atom stereocenters. The molecule has 4 fully saturated rings. The van der Waals surface area contributed by atoms with Crippen molar-refractivity contribution in [2.75, 3.05) is 41.7 Å². The number of hydrogen-bond donors (Lipinski definition) is 18. The summed E-state index contributed by atoms with van der Waals surface area (Å²) in [5.74, 6) is -10.8. The highest BCUT2D eigenvalue weighted by Crippen LogP contribution is 2.53. The number of fused-ring (bicyclic) bond motifs is 2. The lowest BCUT2D eigenvalue weighted by molar-refractivity contribution is -0.318. The predicted octanol–water partition coefficient (Wildman–Crippen LogP) is -2.85. The maximum absolute atomic E-state index is 15.4. The molecule has 4 aromatic carbocycles. The number of rotatable bonds is 18. The summed E-state index contributed by atoms with van der Waals surface area (Å²) < 4.78 is 80.2. The molecule has 34 nitrogen and oxygen atoms in total. The largest absolute Gasteiger partial charge is 0.504 e. The van der Waals surface area contributed by atoms with E-state index in [9.17, 15) is 91.9 Å². The SMILES string of the molecule is COc1cc(-c2oc3c(Cc4c(O)c(OC)c(O)c5c(=O)c(OC6OC(COC7OC(C)C(O)C(O)C7O)C(O)C(O)C6O)c(-c6ccc(O)c(OC)c6)oc45)c(O)c(OC)c(O)c3c(=O)c2OC2OC(COC3OC(C)C(O)C(O)C3O)C(O)C(O)C2O)ccc1O. The molecule has 0 bridgehead atoms. The van der Waals surface area contributed by atoms with Gasteiger partial charge < -0.3 is 158 Å². The Bertz CT molecular complexity index is 3610. The first-order valence-electron chi connectivity index (χ1n) is 28.4. The molecule has 34 heteroatoms. The number of hydrogen-bond acceptors (Lipinski definition) is 34. The maximum atomic E-state index is 15.4. The number of aromatic hydroxyl groups is 6. The lowest BCUT2D eigenvalue weighted by Crippen LogP contribution is -2.61. The van der Waals surface area contributed by atoms with E-state index in [0.717, 1.165) is 64.8 Å². The van der Waals surface area contributed by atoms with Gasteiger partial charge in [0.2, 0.25) is 46.4 Å². The minimum Gasteiger partial charge on any atom is -0.504 e. The van der Waals surface area contributed by atoms with Crippen molar-refractivity contribution < 1.29 is 158 Å². The van der Waals surface area contributed by atoms with Gasteiger partial charge in [-0.2, -0.15) is 0 Å². The van der Waals surface area contributed by atoms with Crippen molar-refractivity contribution in [3.63, 3.8) is 0 Å². The zero-order valence-corrected chi connectivity index (χ0v) is 49.7. The number of phenolic OH excluding ortho intramolecular Hbond substituents is 6. The van der Waals surface area contributed by atoms with Gasteiger partial charge in [0.1, 0.15) is 107 Å². The molecular weight excluding hydrogens is 1250 g/mol. The quantitative estimate of drug-likeness (QED) is 0.0412. The molecular formula is C59H68O34. The third-order valence-corrected chi connectivity index (χ3v) is 16.5. The highest BCUT2D eigenvalue weighted by Gasteiger charge is 2.51. The molecule has 0 saturated carbocycles. The number of ether oxygens (including phenoxy) is 12. The van der Waals surface area contributed by atoms with Crippen molar-refractivity contribution in [3.8, 4) is 91.6 Å². The predicted molar refractivity (Wildman–Crippen MR) is 306 cm³/mol. The standard InChI is InChI=1S/C59H68O34/c1-16-30(62)40(72)44(76)56(86-16)84-14-26-34(66)42(74)46(78)58(88-26)92-54-38(70)28-36(68)52(82-5)32(64)20(50(28)90-48(54)18-7-9-22(60)24(11-18)80-3)13-21-33(65)53(83-6)37(69)29-39(71)55(49(91-51(21)29)19-8-10-23(61)25(12-19)81-4)93-59-47(79)43(75)35(67)27(89-59)15-85-57-45(77)41(73)31(63)17(2)87-57/h7-12,16-17,26-27,30-31,34-35,40-47,56-69,72-79H,13-15H2,1-6H3. The van der Waals surface area contributed by atoms with E-state index in [1.165, 1.54) is 13.8 Å². The summed E-state index contributed by atoms with van der Waals surface area (Å²) >= 11 is 0. The Morgan fingerprint density at radius 2 is 0.742 bits per heavy atom. The molecule has 0 aliphatic carbocycles. The summed E-state index contributed by atoms with van der Waals surface area (Å²) in [5, 5.41) is 197. The van der Waals surface area contributed by atoms with Crippen LogP contribution in [0.1, 0.15) is 25.0 Å². The average molecular weight is 1320 g/mol. The van der Waals surface area contributed by atoms with Crippen molar-refractivity contribution in [3.05, 3.63) is 68.0 Å². The van der Waals surface area contributed by atoms with Crippen LogP contribution in [0.25, 0.3) is 44.6 Å². The van der Waals surface area contributed by atoms with Gasteiger partial charge in [0.05, 0.1) is 53.9 Å². The molecule has 4 saturated heterocycles. The van der Waals surface area contributed by atoms with E-state index in [1.54, 1.807) is 0 Å². The number of aliphatic hydroxyl groups is 12. The third kappa shape index (κ3) is 12.2. The van der Waals surface area contributed by atoms with Crippen LogP contribution in [0.5, 0.6) is 69.0 Å². The topological polar surface area (TPSA) is 535 Å². The van der Waals surface area contributed by atoms with E-state index in [0.29, 0.717) is 0 Å². The van der Waals surface area contributed by atoms with Crippen LogP contribution >= 0.6 is 0 Å². The van der Waals surface area contributed by atoms with Crippen LogP contribution in [0.2, 0.25) is 0 Å². The summed E-state index contributed by atoms with van der Waals surface area (Å²) in [6, 6.07) is 6.73. The molecule has 10 rings (SSSR count). The minimum atomic E-state index is -2.24. The van der Waals surface area contributed by atoms with Crippen LogP contribution in [0.15, 0.2) is 54.8 Å². The smallest absolute Gasteiger partial charge is 0.239 e. The second-order valence-electron chi connectivity index (χ2n) is 22.2. The third-order valence-electron chi connectivity index (χ3n) is 16.5. The Labute approximate surface area is 522 Å². The maximum Gasteiger partial charge on any atom is 0.239 e. The lowest BCUT2D eigenvalue weighted by Gasteiger charge is -2.42. The first-order valence-corrected chi connectivity index (χ1v) is 28.4. The molecule has 508 valence electrons. The number of aliphatic hydroxyl groups excluding tert-OH is 12. The zero-order chi connectivity index (χ0) is 67.7. The first kappa shape index (κ1) is 68.1. The van der Waals surface area contributed by atoms with Gasteiger partial charge in [0, 0.05) is 28.7 Å². The lowest BCUT2D eigenvalue weighted by atomic mass is 9.95. The summed E-state index contributed by atoms with van der Waals surface area (Å²) in [4.78, 5) is 30.7. The van der Waals surface area contributed by atoms with Gasteiger partial charge in [-0.3, -0.25) is 9.59 Å². The fourth-order valence-electron chi connectivity index (χ4n) is 11.2. The Morgan fingerprint density at radius 3 is 1.09 bits per heavy atom. The molecule has 20 unspecified atom stereocenters. The van der Waals surface area contributed by atoms with Crippen molar-refractivity contribution in [2.24, 2.45) is 0 Å². The molecule has 6 heterocycles. The second-order valence-corrected chi connectivity index (χ2v) is 22.2. The van der Waals surface area contributed by atoms with Crippen molar-refractivity contribution in [1.29, 1.82) is 0 Å². The van der Waals surface area contributed by atoms with Gasteiger partial charge in [-0.05, 0) is 50.2 Å². The Morgan fingerprint density at radius 1 is 0.398 bits per heavy atom. The molecule has 2 aromatic heterocycles. The van der Waals surface area contributed by atoms with Gasteiger partial charge in [0.25, 0.3) is 0 Å².